The maximum Gasteiger partial charge on any atom is 0.416 e. The van der Waals surface area contributed by atoms with Gasteiger partial charge in [-0.05, 0) is 42.9 Å². The number of amides is 2. The van der Waals surface area contributed by atoms with Crippen molar-refractivity contribution in [3.05, 3.63) is 105 Å². The Kier molecular flexibility index (Phi) is 6.87. The number of carbonyl (C=O) groups is 2. The fraction of sp³-hybridized carbons (Fsp3) is 0.259. The number of halogens is 3. The van der Waals surface area contributed by atoms with Crippen LogP contribution >= 0.6 is 11.8 Å². The van der Waals surface area contributed by atoms with E-state index in [1.54, 1.807) is 12.3 Å². The highest BCUT2D eigenvalue weighted by atomic mass is 32.2. The molecule has 1 aromatic carbocycles. The van der Waals surface area contributed by atoms with Crippen molar-refractivity contribution in [1.29, 1.82) is 0 Å². The summed E-state index contributed by atoms with van der Waals surface area (Å²) in [6.07, 6.45) is 4.02. The summed E-state index contributed by atoms with van der Waals surface area (Å²) in [4.78, 5) is 37.5. The molecule has 2 aliphatic carbocycles. The zero-order chi connectivity index (χ0) is 27.0. The number of allylic oxidation sites excluding steroid dienone is 4. The number of hydrogen-bond acceptors (Lipinski definition) is 6. The van der Waals surface area contributed by atoms with Gasteiger partial charge in [0.25, 0.3) is 5.91 Å². The van der Waals surface area contributed by atoms with Gasteiger partial charge in [-0.3, -0.25) is 9.59 Å². The summed E-state index contributed by atoms with van der Waals surface area (Å²) in [5.41, 5.74) is 2.61. The van der Waals surface area contributed by atoms with Crippen LogP contribution in [0.25, 0.3) is 5.70 Å². The van der Waals surface area contributed by atoms with E-state index < -0.39 is 35.5 Å². The van der Waals surface area contributed by atoms with Crippen LogP contribution in [0.1, 0.15) is 24.0 Å². The van der Waals surface area contributed by atoms with E-state index in [4.69, 9.17) is 0 Å². The van der Waals surface area contributed by atoms with E-state index in [-0.39, 0.29) is 28.8 Å². The molecule has 3 unspecified atom stereocenters. The van der Waals surface area contributed by atoms with E-state index in [9.17, 15) is 27.7 Å². The Labute approximate surface area is 220 Å². The van der Waals surface area contributed by atoms with Crippen LogP contribution in [0.3, 0.4) is 0 Å². The maximum absolute atomic E-state index is 13.6. The molecule has 0 radical (unpaired) electrons. The fourth-order valence-electron chi connectivity index (χ4n) is 4.80. The van der Waals surface area contributed by atoms with E-state index in [0.29, 0.717) is 6.42 Å². The van der Waals surface area contributed by atoms with Crippen molar-refractivity contribution in [2.24, 2.45) is 11.1 Å². The topological polar surface area (TPSA) is 90.9 Å². The summed E-state index contributed by atoms with van der Waals surface area (Å²) in [5.74, 6) is -2.08. The number of nitroso groups, excluding NO2 is 1. The third kappa shape index (κ3) is 4.98. The summed E-state index contributed by atoms with van der Waals surface area (Å²) in [7, 11) is 0. The highest BCUT2D eigenvalue weighted by molar-refractivity contribution is 8.03. The van der Waals surface area contributed by atoms with Crippen LogP contribution in [0.4, 0.5) is 13.2 Å². The molecule has 38 heavy (non-hydrogen) atoms. The van der Waals surface area contributed by atoms with Crippen molar-refractivity contribution >= 4 is 29.3 Å². The van der Waals surface area contributed by atoms with E-state index in [1.807, 2.05) is 36.6 Å². The number of nitrogens with one attached hydrogen (secondary N) is 2. The lowest BCUT2D eigenvalue weighted by atomic mass is 9.89. The van der Waals surface area contributed by atoms with Gasteiger partial charge in [0.15, 0.2) is 0 Å². The van der Waals surface area contributed by atoms with Crippen LogP contribution in [0.15, 0.2) is 93.8 Å². The molecular formula is C27H23F3N4O3S. The van der Waals surface area contributed by atoms with Crippen LogP contribution in [-0.4, -0.2) is 34.4 Å². The Hall–Kier alpha value is -3.86. The summed E-state index contributed by atoms with van der Waals surface area (Å²) in [5, 5.41) is 10.9. The lowest BCUT2D eigenvalue weighted by Gasteiger charge is -2.29. The van der Waals surface area contributed by atoms with Crippen molar-refractivity contribution < 1.29 is 22.8 Å². The minimum atomic E-state index is -4.58. The zero-order valence-electron chi connectivity index (χ0n) is 20.2. The smallest absolute Gasteiger partial charge is 0.362 e. The zero-order valence-corrected chi connectivity index (χ0v) is 21.0. The Morgan fingerprint density at radius 1 is 1.26 bits per heavy atom. The highest BCUT2D eigenvalue weighted by Crippen LogP contribution is 2.42. The molecule has 1 aromatic rings. The number of likely N-dealkylation sites (tertiary alicyclic amines) is 1. The first-order valence-corrected chi connectivity index (χ1v) is 12.8. The van der Waals surface area contributed by atoms with Gasteiger partial charge in [-0.25, -0.2) is 0 Å². The van der Waals surface area contributed by atoms with Gasteiger partial charge in [0.2, 0.25) is 0 Å². The van der Waals surface area contributed by atoms with Gasteiger partial charge in [0.1, 0.15) is 5.50 Å². The monoisotopic (exact) mass is 540 g/mol. The van der Waals surface area contributed by atoms with Crippen molar-refractivity contribution in [2.45, 2.75) is 37.5 Å². The van der Waals surface area contributed by atoms with Crippen molar-refractivity contribution in [3.63, 3.8) is 0 Å². The SMILES string of the molecule is Cc1ccc(C2=CSC(N/C=C3\C(=O)N(C4=CCCC(C(=O)N=O)=C4)C4C=C(C(F)(F)F)C=CC34)N2)cc1. The van der Waals surface area contributed by atoms with Gasteiger partial charge >= 0.3 is 12.1 Å². The number of fused-ring (bicyclic) bond motifs is 1. The molecule has 1 saturated heterocycles. The molecule has 196 valence electrons. The molecule has 7 nitrogen and oxygen atoms in total. The minimum Gasteiger partial charge on any atom is -0.362 e. The van der Waals surface area contributed by atoms with E-state index in [1.165, 1.54) is 28.8 Å². The molecule has 3 atom stereocenters. The van der Waals surface area contributed by atoms with E-state index in [0.717, 1.165) is 29.0 Å². The lowest BCUT2D eigenvalue weighted by Crippen LogP contribution is -2.35. The number of thioether (sulfide) groups is 1. The maximum atomic E-state index is 13.6. The van der Waals surface area contributed by atoms with Gasteiger partial charge < -0.3 is 15.5 Å². The summed E-state index contributed by atoms with van der Waals surface area (Å²) < 4.78 is 40.6. The molecule has 5 rings (SSSR count). The van der Waals surface area contributed by atoms with Crippen LogP contribution in [0.2, 0.25) is 0 Å². The van der Waals surface area contributed by atoms with E-state index in [2.05, 4.69) is 15.8 Å². The molecule has 4 aliphatic rings. The first-order valence-electron chi connectivity index (χ1n) is 11.9. The molecule has 0 bridgehead atoms. The average molecular weight is 541 g/mol. The highest BCUT2D eigenvalue weighted by Gasteiger charge is 2.47. The largest absolute Gasteiger partial charge is 0.416 e. The number of alkyl halides is 3. The van der Waals surface area contributed by atoms with Gasteiger partial charge in [0.05, 0.1) is 17.3 Å². The molecule has 2 aliphatic heterocycles. The van der Waals surface area contributed by atoms with Gasteiger partial charge in [-0.1, -0.05) is 59.8 Å². The predicted octanol–water partition coefficient (Wildman–Crippen LogP) is 5.17. The minimum absolute atomic E-state index is 0.116. The second kappa shape index (κ2) is 10.1. The number of rotatable bonds is 5. The van der Waals surface area contributed by atoms with Crippen molar-refractivity contribution in [3.8, 4) is 0 Å². The van der Waals surface area contributed by atoms with Crippen LogP contribution in [-0.2, 0) is 9.59 Å². The number of carbonyl (C=O) groups excluding carboxylic acids is 2. The fourth-order valence-corrected chi connectivity index (χ4v) is 5.62. The molecule has 0 saturated carbocycles. The van der Waals surface area contributed by atoms with Crippen molar-refractivity contribution in [2.75, 3.05) is 0 Å². The lowest BCUT2D eigenvalue weighted by molar-refractivity contribution is -0.124. The van der Waals surface area contributed by atoms with E-state index >= 15 is 0 Å². The third-order valence-corrected chi connectivity index (χ3v) is 7.64. The number of nitrogens with zero attached hydrogens (tertiary/aromatic N) is 2. The number of aryl methyl sites for hydroxylation is 1. The van der Waals surface area contributed by atoms with Crippen LogP contribution in [0, 0.1) is 17.7 Å². The Balaban J connectivity index is 1.40. The molecule has 2 N–H and O–H groups in total. The first kappa shape index (κ1) is 25.8. The van der Waals surface area contributed by atoms with Crippen molar-refractivity contribution in [1.82, 2.24) is 15.5 Å². The summed E-state index contributed by atoms with van der Waals surface area (Å²) >= 11 is 1.47. The van der Waals surface area contributed by atoms with Crippen LogP contribution in [0.5, 0.6) is 0 Å². The molecule has 11 heteroatoms. The third-order valence-electron chi connectivity index (χ3n) is 6.74. The molecule has 0 spiro atoms. The standard InChI is InChI=1S/C27H23F3N4O3S/c1-15-5-7-16(8-6-15)22-14-38-26(32-22)31-13-21-20-10-9-18(27(28,29)30)12-23(20)34(25(21)36)19-4-2-3-17(11-19)24(35)33-37/h4-14,20,23,26,31-32H,2-3H2,1H3/b21-13-. The van der Waals surface area contributed by atoms with Crippen LogP contribution < -0.4 is 10.6 Å². The Morgan fingerprint density at radius 2 is 2.03 bits per heavy atom. The molecule has 1 fully saturated rings. The van der Waals surface area contributed by atoms with Gasteiger partial charge in [0, 0.05) is 34.1 Å². The van der Waals surface area contributed by atoms with Gasteiger partial charge in [-0.15, -0.1) is 4.91 Å². The Bertz CT molecular complexity index is 1370. The van der Waals surface area contributed by atoms with Gasteiger partial charge in [-0.2, -0.15) is 13.2 Å². The number of hydrogen-bond donors (Lipinski definition) is 2. The molecular weight excluding hydrogens is 517 g/mol. The normalized spacial score (nSPS) is 25.8. The summed E-state index contributed by atoms with van der Waals surface area (Å²) in [6, 6.07) is 7.08. The Morgan fingerprint density at radius 3 is 2.74 bits per heavy atom. The quantitative estimate of drug-likeness (QED) is 0.396. The molecule has 2 heterocycles. The second-order valence-electron chi connectivity index (χ2n) is 9.23. The number of benzene rings is 1. The second-order valence-corrected chi connectivity index (χ2v) is 10.2. The first-order chi connectivity index (χ1) is 18.2. The predicted molar refractivity (Wildman–Crippen MR) is 138 cm³/mol. The molecule has 2 amide bonds. The molecule has 0 aromatic heterocycles. The summed E-state index contributed by atoms with van der Waals surface area (Å²) in [6.45, 7) is 2.00. The average Bonchev–Trinajstić information content (AvgIpc) is 3.48.